The van der Waals surface area contributed by atoms with Crippen molar-refractivity contribution in [2.45, 2.75) is 45.6 Å². The third kappa shape index (κ3) is 4.65. The van der Waals surface area contributed by atoms with Gasteiger partial charge in [0.1, 0.15) is 17.5 Å². The summed E-state index contributed by atoms with van der Waals surface area (Å²) < 4.78 is 5.17. The van der Waals surface area contributed by atoms with Crippen LogP contribution in [0.5, 0.6) is 0 Å². The minimum absolute atomic E-state index is 0.133. The Labute approximate surface area is 115 Å². The second kappa shape index (κ2) is 6.68. The molecule has 1 aromatic heterocycles. The lowest BCUT2D eigenvalue weighted by atomic mass is 9.96. The van der Waals surface area contributed by atoms with Crippen LogP contribution >= 0.6 is 0 Å². The van der Waals surface area contributed by atoms with Crippen LogP contribution < -0.4 is 16.6 Å². The predicted octanol–water partition coefficient (Wildman–Crippen LogP) is 1.90. The minimum atomic E-state index is -0.133. The second-order valence-electron chi connectivity index (χ2n) is 5.56. The van der Waals surface area contributed by atoms with E-state index in [1.54, 1.807) is 13.2 Å². The zero-order valence-electron chi connectivity index (χ0n) is 12.4. The lowest BCUT2D eigenvalue weighted by molar-refractivity contribution is 0.184. The van der Waals surface area contributed by atoms with Crippen molar-refractivity contribution in [2.75, 3.05) is 24.5 Å². The highest BCUT2D eigenvalue weighted by Gasteiger charge is 2.19. The summed E-state index contributed by atoms with van der Waals surface area (Å²) in [6, 6.07) is 2.02. The van der Waals surface area contributed by atoms with Crippen molar-refractivity contribution in [3.8, 4) is 0 Å². The molecule has 1 aromatic rings. The number of hydrazine groups is 1. The van der Waals surface area contributed by atoms with Gasteiger partial charge in [-0.05, 0) is 6.42 Å². The molecule has 1 unspecified atom stereocenters. The average molecular weight is 267 g/mol. The molecule has 0 spiro atoms. The topological polar surface area (TPSA) is 85.1 Å². The van der Waals surface area contributed by atoms with Crippen LogP contribution in [0.15, 0.2) is 6.07 Å². The molecule has 0 aliphatic rings. The maximum atomic E-state index is 5.46. The van der Waals surface area contributed by atoms with E-state index in [0.717, 1.165) is 18.1 Å². The maximum absolute atomic E-state index is 5.46. The maximum Gasteiger partial charge on any atom is 0.145 e. The number of nitrogens with one attached hydrogen (secondary N) is 2. The summed E-state index contributed by atoms with van der Waals surface area (Å²) in [4.78, 5) is 8.93. The number of aromatic nitrogens is 2. The molecule has 0 aromatic carbocycles. The molecule has 0 bridgehead atoms. The number of nitrogens with two attached hydrogens (primary N) is 1. The van der Waals surface area contributed by atoms with E-state index in [1.165, 1.54) is 0 Å². The monoisotopic (exact) mass is 267 g/mol. The number of rotatable bonds is 6. The SMILES string of the molecule is CCC(COC)Nc1cc(NN)nc(C(C)(C)C)n1. The van der Waals surface area contributed by atoms with Gasteiger partial charge < -0.3 is 15.5 Å². The summed E-state index contributed by atoms with van der Waals surface area (Å²) in [7, 11) is 1.69. The Morgan fingerprint density at radius 1 is 1.32 bits per heavy atom. The van der Waals surface area contributed by atoms with E-state index >= 15 is 0 Å². The van der Waals surface area contributed by atoms with Crippen molar-refractivity contribution in [2.24, 2.45) is 5.84 Å². The number of hydrogen-bond donors (Lipinski definition) is 3. The first kappa shape index (κ1) is 15.7. The van der Waals surface area contributed by atoms with E-state index in [2.05, 4.69) is 48.4 Å². The molecule has 4 N–H and O–H groups in total. The van der Waals surface area contributed by atoms with Gasteiger partial charge in [0.25, 0.3) is 0 Å². The Kier molecular flexibility index (Phi) is 5.50. The Hall–Kier alpha value is -1.40. The highest BCUT2D eigenvalue weighted by molar-refractivity contribution is 5.48. The fourth-order valence-corrected chi connectivity index (χ4v) is 1.60. The lowest BCUT2D eigenvalue weighted by Crippen LogP contribution is -2.26. The van der Waals surface area contributed by atoms with E-state index in [4.69, 9.17) is 10.6 Å². The van der Waals surface area contributed by atoms with Crippen LogP contribution in [0.3, 0.4) is 0 Å². The minimum Gasteiger partial charge on any atom is -0.383 e. The van der Waals surface area contributed by atoms with E-state index in [0.29, 0.717) is 12.4 Å². The molecule has 0 saturated carbocycles. The van der Waals surface area contributed by atoms with Crippen molar-refractivity contribution < 1.29 is 4.74 Å². The number of nitrogens with zero attached hydrogens (tertiary/aromatic N) is 2. The average Bonchev–Trinajstić information content (AvgIpc) is 2.36. The Morgan fingerprint density at radius 2 is 1.95 bits per heavy atom. The fourth-order valence-electron chi connectivity index (χ4n) is 1.60. The van der Waals surface area contributed by atoms with Crippen LogP contribution in [0.2, 0.25) is 0 Å². The summed E-state index contributed by atoms with van der Waals surface area (Å²) in [5, 5.41) is 3.35. The second-order valence-corrected chi connectivity index (χ2v) is 5.56. The summed E-state index contributed by atoms with van der Waals surface area (Å²) in [6.45, 7) is 8.94. The van der Waals surface area contributed by atoms with Gasteiger partial charge in [0.2, 0.25) is 0 Å². The van der Waals surface area contributed by atoms with Gasteiger partial charge in [0.15, 0.2) is 0 Å². The number of ether oxygens (including phenoxy) is 1. The summed E-state index contributed by atoms with van der Waals surface area (Å²) in [5.41, 5.74) is 2.45. The molecule has 0 fully saturated rings. The molecule has 1 heterocycles. The number of methoxy groups -OCH3 is 1. The highest BCUT2D eigenvalue weighted by Crippen LogP contribution is 2.22. The number of hydrogen-bond acceptors (Lipinski definition) is 6. The van der Waals surface area contributed by atoms with Crippen molar-refractivity contribution in [1.82, 2.24) is 9.97 Å². The first-order chi connectivity index (χ1) is 8.90. The quantitative estimate of drug-likeness (QED) is 0.539. The number of nitrogen functional groups attached to an aromatic ring is 1. The van der Waals surface area contributed by atoms with Gasteiger partial charge in [-0.3, -0.25) is 0 Å². The normalized spacial score (nSPS) is 13.2. The first-order valence-corrected chi connectivity index (χ1v) is 6.52. The Balaban J connectivity index is 3.00. The third-order valence-corrected chi connectivity index (χ3v) is 2.76. The zero-order chi connectivity index (χ0) is 14.5. The van der Waals surface area contributed by atoms with Crippen molar-refractivity contribution in [3.63, 3.8) is 0 Å². The van der Waals surface area contributed by atoms with E-state index in [9.17, 15) is 0 Å². The summed E-state index contributed by atoms with van der Waals surface area (Å²) in [5.74, 6) is 7.58. The molecule has 19 heavy (non-hydrogen) atoms. The molecule has 1 rings (SSSR count). The first-order valence-electron chi connectivity index (χ1n) is 6.52. The molecule has 0 aliphatic heterocycles. The molecular formula is C13H25N5O. The third-order valence-electron chi connectivity index (χ3n) is 2.76. The van der Waals surface area contributed by atoms with Gasteiger partial charge in [-0.1, -0.05) is 27.7 Å². The molecule has 0 aliphatic carbocycles. The van der Waals surface area contributed by atoms with Crippen LogP contribution in [0.1, 0.15) is 39.9 Å². The van der Waals surface area contributed by atoms with E-state index in [1.807, 2.05) is 0 Å². The van der Waals surface area contributed by atoms with Gasteiger partial charge in [-0.2, -0.15) is 0 Å². The lowest BCUT2D eigenvalue weighted by Gasteiger charge is -2.21. The van der Waals surface area contributed by atoms with Crippen LogP contribution in [0, 0.1) is 0 Å². The summed E-state index contributed by atoms with van der Waals surface area (Å²) >= 11 is 0. The van der Waals surface area contributed by atoms with Crippen LogP contribution in [0.4, 0.5) is 11.6 Å². The van der Waals surface area contributed by atoms with Crippen molar-refractivity contribution >= 4 is 11.6 Å². The van der Waals surface area contributed by atoms with Gasteiger partial charge in [-0.25, -0.2) is 15.8 Å². The largest absolute Gasteiger partial charge is 0.383 e. The molecule has 0 radical (unpaired) electrons. The van der Waals surface area contributed by atoms with Gasteiger partial charge in [0, 0.05) is 18.6 Å². The van der Waals surface area contributed by atoms with E-state index < -0.39 is 0 Å². The fraction of sp³-hybridized carbons (Fsp3) is 0.692. The summed E-state index contributed by atoms with van der Waals surface area (Å²) in [6.07, 6.45) is 0.952. The highest BCUT2D eigenvalue weighted by atomic mass is 16.5. The zero-order valence-corrected chi connectivity index (χ0v) is 12.4. The van der Waals surface area contributed by atoms with Crippen molar-refractivity contribution in [3.05, 3.63) is 11.9 Å². The predicted molar refractivity (Wildman–Crippen MR) is 78.1 cm³/mol. The molecule has 6 nitrogen and oxygen atoms in total. The van der Waals surface area contributed by atoms with Gasteiger partial charge in [-0.15, -0.1) is 0 Å². The molecule has 1 atom stereocenters. The number of anilines is 2. The molecule has 0 saturated heterocycles. The van der Waals surface area contributed by atoms with Crippen LogP contribution in [0.25, 0.3) is 0 Å². The van der Waals surface area contributed by atoms with Gasteiger partial charge >= 0.3 is 0 Å². The van der Waals surface area contributed by atoms with Crippen LogP contribution in [-0.2, 0) is 10.2 Å². The Bertz CT molecular complexity index is 403. The standard InChI is InChI=1S/C13H25N5O/c1-6-9(8-19-5)15-10-7-11(18-14)17-12(16-10)13(2,3)4/h7,9H,6,8,14H2,1-5H3,(H2,15,16,17,18). The van der Waals surface area contributed by atoms with Gasteiger partial charge in [0.05, 0.1) is 12.6 Å². The molecule has 108 valence electrons. The van der Waals surface area contributed by atoms with Crippen LogP contribution in [-0.4, -0.2) is 29.7 Å². The van der Waals surface area contributed by atoms with Crippen molar-refractivity contribution in [1.29, 1.82) is 0 Å². The molecule has 6 heteroatoms. The molecular weight excluding hydrogens is 242 g/mol. The van der Waals surface area contributed by atoms with E-state index in [-0.39, 0.29) is 11.5 Å². The molecule has 0 amide bonds. The Morgan fingerprint density at radius 3 is 2.42 bits per heavy atom. The smallest absolute Gasteiger partial charge is 0.145 e.